The first kappa shape index (κ1) is 13.2. The van der Waals surface area contributed by atoms with Crippen molar-refractivity contribution in [1.82, 2.24) is 0 Å². The fourth-order valence-electron chi connectivity index (χ4n) is 1.57. The van der Waals surface area contributed by atoms with Gasteiger partial charge in [-0.15, -0.1) is 0 Å². The minimum Gasteiger partial charge on any atom is -0.490 e. The summed E-state index contributed by atoms with van der Waals surface area (Å²) >= 11 is 11.9. The largest absolute Gasteiger partial charge is 0.490 e. The van der Waals surface area contributed by atoms with Crippen LogP contribution in [0.3, 0.4) is 0 Å². The third kappa shape index (κ3) is 3.16. The van der Waals surface area contributed by atoms with E-state index in [-0.39, 0.29) is 6.04 Å². The summed E-state index contributed by atoms with van der Waals surface area (Å²) in [5.74, 6) is 0.551. The zero-order chi connectivity index (χ0) is 13.0. The lowest BCUT2D eigenvalue weighted by Gasteiger charge is -2.14. The standard InChI is InChI=1S/C14H13Cl2NO/c15-11-7-4-8-13(14(11)16)18-9-12(17)10-5-2-1-3-6-10/h1-8,12H,9,17H2. The van der Waals surface area contributed by atoms with Crippen LogP contribution in [0.15, 0.2) is 48.5 Å². The first-order valence-electron chi connectivity index (χ1n) is 5.56. The Morgan fingerprint density at radius 3 is 2.44 bits per heavy atom. The Balaban J connectivity index is 2.02. The highest BCUT2D eigenvalue weighted by Crippen LogP contribution is 2.31. The molecule has 1 unspecified atom stereocenters. The van der Waals surface area contributed by atoms with Crippen molar-refractivity contribution in [3.8, 4) is 5.75 Å². The molecule has 0 radical (unpaired) electrons. The van der Waals surface area contributed by atoms with Crippen molar-refractivity contribution in [2.45, 2.75) is 6.04 Å². The van der Waals surface area contributed by atoms with Crippen molar-refractivity contribution in [2.75, 3.05) is 6.61 Å². The smallest absolute Gasteiger partial charge is 0.139 e. The van der Waals surface area contributed by atoms with Crippen LogP contribution in [0.1, 0.15) is 11.6 Å². The molecule has 0 amide bonds. The normalized spacial score (nSPS) is 12.2. The van der Waals surface area contributed by atoms with Gasteiger partial charge in [-0.3, -0.25) is 0 Å². The summed E-state index contributed by atoms with van der Waals surface area (Å²) in [5, 5.41) is 0.891. The van der Waals surface area contributed by atoms with Crippen molar-refractivity contribution in [3.63, 3.8) is 0 Å². The molecule has 0 bridgehead atoms. The van der Waals surface area contributed by atoms with Crippen LogP contribution in [0.25, 0.3) is 0 Å². The number of hydrogen-bond donors (Lipinski definition) is 1. The molecule has 0 heterocycles. The quantitative estimate of drug-likeness (QED) is 0.917. The predicted octanol–water partition coefficient (Wildman–Crippen LogP) is 4.07. The Hall–Kier alpha value is -1.22. The lowest BCUT2D eigenvalue weighted by molar-refractivity contribution is 0.291. The fraction of sp³-hybridized carbons (Fsp3) is 0.143. The SMILES string of the molecule is NC(COc1cccc(Cl)c1Cl)c1ccccc1. The minimum absolute atomic E-state index is 0.193. The zero-order valence-electron chi connectivity index (χ0n) is 9.64. The summed E-state index contributed by atoms with van der Waals surface area (Å²) < 4.78 is 5.59. The summed E-state index contributed by atoms with van der Waals surface area (Å²) in [4.78, 5) is 0. The van der Waals surface area contributed by atoms with Crippen molar-refractivity contribution in [1.29, 1.82) is 0 Å². The molecule has 2 aromatic carbocycles. The Morgan fingerprint density at radius 1 is 1.00 bits per heavy atom. The van der Waals surface area contributed by atoms with Crippen LogP contribution in [0, 0.1) is 0 Å². The summed E-state index contributed by atoms with van der Waals surface area (Å²) in [5.41, 5.74) is 7.05. The van der Waals surface area contributed by atoms with E-state index in [1.54, 1.807) is 18.2 Å². The lowest BCUT2D eigenvalue weighted by atomic mass is 10.1. The van der Waals surface area contributed by atoms with E-state index in [0.717, 1.165) is 5.56 Å². The molecule has 2 nitrogen and oxygen atoms in total. The summed E-state index contributed by atoms with van der Waals surface area (Å²) in [7, 11) is 0. The molecule has 0 fully saturated rings. The highest BCUT2D eigenvalue weighted by molar-refractivity contribution is 6.42. The number of halogens is 2. The monoisotopic (exact) mass is 281 g/mol. The second kappa shape index (κ2) is 6.10. The first-order valence-corrected chi connectivity index (χ1v) is 6.31. The maximum Gasteiger partial charge on any atom is 0.139 e. The van der Waals surface area contributed by atoms with Gasteiger partial charge in [-0.2, -0.15) is 0 Å². The molecule has 94 valence electrons. The van der Waals surface area contributed by atoms with Crippen molar-refractivity contribution < 1.29 is 4.74 Å². The second-order valence-corrected chi connectivity index (χ2v) is 4.67. The molecule has 0 spiro atoms. The van der Waals surface area contributed by atoms with Gasteiger partial charge in [0.15, 0.2) is 0 Å². The summed E-state index contributed by atoms with van der Waals surface area (Å²) in [6.07, 6.45) is 0. The third-order valence-corrected chi connectivity index (χ3v) is 3.36. The highest BCUT2D eigenvalue weighted by Gasteiger charge is 2.09. The van der Waals surface area contributed by atoms with E-state index in [9.17, 15) is 0 Å². The van der Waals surface area contributed by atoms with Crippen LogP contribution >= 0.6 is 23.2 Å². The number of ether oxygens (including phenoxy) is 1. The van der Waals surface area contributed by atoms with E-state index in [0.29, 0.717) is 22.4 Å². The molecule has 18 heavy (non-hydrogen) atoms. The maximum atomic E-state index is 6.03. The Bertz CT molecular complexity index is 516. The van der Waals surface area contributed by atoms with Crippen LogP contribution < -0.4 is 10.5 Å². The van der Waals surface area contributed by atoms with Crippen LogP contribution in [0.4, 0.5) is 0 Å². The van der Waals surface area contributed by atoms with Crippen molar-refractivity contribution in [3.05, 3.63) is 64.1 Å². The third-order valence-electron chi connectivity index (χ3n) is 2.56. The average Bonchev–Trinajstić information content (AvgIpc) is 2.41. The Kier molecular flexibility index (Phi) is 4.48. The Labute approximate surface area is 116 Å². The van der Waals surface area contributed by atoms with Crippen molar-refractivity contribution in [2.24, 2.45) is 5.73 Å². The zero-order valence-corrected chi connectivity index (χ0v) is 11.2. The second-order valence-electron chi connectivity index (χ2n) is 3.88. The van der Waals surface area contributed by atoms with Gasteiger partial charge in [-0.05, 0) is 17.7 Å². The molecule has 0 saturated carbocycles. The average molecular weight is 282 g/mol. The van der Waals surface area contributed by atoms with Gasteiger partial charge < -0.3 is 10.5 Å². The number of nitrogens with two attached hydrogens (primary N) is 1. The van der Waals surface area contributed by atoms with Crippen LogP contribution in [-0.2, 0) is 0 Å². The minimum atomic E-state index is -0.193. The van der Waals surface area contributed by atoms with Gasteiger partial charge in [0.05, 0.1) is 11.1 Å². The molecular weight excluding hydrogens is 269 g/mol. The van der Waals surface area contributed by atoms with Crippen LogP contribution in [0.5, 0.6) is 5.75 Å². The molecule has 2 rings (SSSR count). The number of rotatable bonds is 4. The molecule has 0 aliphatic heterocycles. The van der Waals surface area contributed by atoms with E-state index in [2.05, 4.69) is 0 Å². The predicted molar refractivity (Wildman–Crippen MR) is 75.3 cm³/mol. The maximum absolute atomic E-state index is 6.03. The van der Waals surface area contributed by atoms with E-state index in [1.165, 1.54) is 0 Å². The van der Waals surface area contributed by atoms with E-state index in [4.69, 9.17) is 33.7 Å². The van der Waals surface area contributed by atoms with Crippen LogP contribution in [0.2, 0.25) is 10.0 Å². The number of benzene rings is 2. The molecule has 0 aliphatic carbocycles. The molecule has 0 aromatic heterocycles. The van der Waals surface area contributed by atoms with Gasteiger partial charge in [0.2, 0.25) is 0 Å². The van der Waals surface area contributed by atoms with Crippen molar-refractivity contribution >= 4 is 23.2 Å². The molecule has 4 heteroatoms. The van der Waals surface area contributed by atoms with Gasteiger partial charge in [0, 0.05) is 0 Å². The van der Waals surface area contributed by atoms with Gasteiger partial charge in [-0.25, -0.2) is 0 Å². The summed E-state index contributed by atoms with van der Waals surface area (Å²) in [6.45, 7) is 0.351. The Morgan fingerprint density at radius 2 is 1.72 bits per heavy atom. The van der Waals surface area contributed by atoms with Gasteiger partial charge >= 0.3 is 0 Å². The fourth-order valence-corrected chi connectivity index (χ4v) is 1.92. The first-order chi connectivity index (χ1) is 8.68. The van der Waals surface area contributed by atoms with E-state index >= 15 is 0 Å². The summed E-state index contributed by atoms with van der Waals surface area (Å²) in [6, 6.07) is 14.9. The molecule has 2 aromatic rings. The molecule has 0 saturated heterocycles. The molecule has 0 aliphatic rings. The highest BCUT2D eigenvalue weighted by atomic mass is 35.5. The molecule has 1 atom stereocenters. The van der Waals surface area contributed by atoms with Gasteiger partial charge in [-0.1, -0.05) is 59.6 Å². The lowest BCUT2D eigenvalue weighted by Crippen LogP contribution is -2.18. The topological polar surface area (TPSA) is 35.2 Å². The molecule has 2 N–H and O–H groups in total. The number of hydrogen-bond acceptors (Lipinski definition) is 2. The molecular formula is C14H13Cl2NO. The van der Waals surface area contributed by atoms with Gasteiger partial charge in [0.1, 0.15) is 17.4 Å². The van der Waals surface area contributed by atoms with E-state index < -0.39 is 0 Å². The van der Waals surface area contributed by atoms with Crippen LogP contribution in [-0.4, -0.2) is 6.61 Å². The van der Waals surface area contributed by atoms with Gasteiger partial charge in [0.25, 0.3) is 0 Å². The van der Waals surface area contributed by atoms with E-state index in [1.807, 2.05) is 30.3 Å².